The van der Waals surface area contributed by atoms with Gasteiger partial charge in [-0.1, -0.05) is 73.5 Å². The van der Waals surface area contributed by atoms with Crippen molar-refractivity contribution >= 4 is 0 Å². The number of hydrogen-bond acceptors (Lipinski definition) is 5. The summed E-state index contributed by atoms with van der Waals surface area (Å²) in [5.41, 5.74) is 2.94. The molecular formula is C23H29NO4. The standard InChI is InChI=1S/C20H25N.C3H4O4/c1-2-21-15-13-19(14-16-21)20(17-9-5-3-6-10-17)18-11-7-4-8-12-18;1-2-3-5-7-6-4/h3-12,19-20H,2,13-16H2,1H3;1,4H,3H2. The van der Waals surface area contributed by atoms with Gasteiger partial charge in [0.05, 0.1) is 0 Å². The molecular weight excluding hydrogens is 354 g/mol. The Bertz CT molecular complexity index is 639. The normalized spacial score (nSPS) is 14.9. The van der Waals surface area contributed by atoms with Crippen LogP contribution in [0.25, 0.3) is 0 Å². The minimum Gasteiger partial charge on any atom is -0.304 e. The van der Waals surface area contributed by atoms with Crippen molar-refractivity contribution in [2.24, 2.45) is 5.92 Å². The Balaban J connectivity index is 0.000000345. The van der Waals surface area contributed by atoms with E-state index >= 15 is 0 Å². The van der Waals surface area contributed by atoms with Gasteiger partial charge < -0.3 is 4.90 Å². The first kappa shape index (κ1) is 22.1. The molecule has 5 heteroatoms. The van der Waals surface area contributed by atoms with Gasteiger partial charge in [0.2, 0.25) is 0 Å². The van der Waals surface area contributed by atoms with E-state index in [0.717, 1.165) is 5.92 Å². The van der Waals surface area contributed by atoms with Crippen LogP contribution in [0.2, 0.25) is 0 Å². The summed E-state index contributed by atoms with van der Waals surface area (Å²) in [5.74, 6) is 3.37. The van der Waals surface area contributed by atoms with Gasteiger partial charge >= 0.3 is 0 Å². The van der Waals surface area contributed by atoms with Gasteiger partial charge in [-0.05, 0) is 59.6 Å². The SMILES string of the molecule is C#CCOOOO.CCN1CCC(C(c2ccccc2)c2ccccc2)CC1. The van der Waals surface area contributed by atoms with Gasteiger partial charge in [-0.3, -0.25) is 0 Å². The maximum absolute atomic E-state index is 7.38. The lowest BCUT2D eigenvalue weighted by atomic mass is 9.76. The van der Waals surface area contributed by atoms with Crippen molar-refractivity contribution in [3.05, 3.63) is 71.8 Å². The number of likely N-dealkylation sites (tertiary alicyclic amines) is 1. The van der Waals surface area contributed by atoms with Gasteiger partial charge in [-0.15, -0.1) is 6.42 Å². The third-order valence-corrected chi connectivity index (χ3v) is 5.09. The summed E-state index contributed by atoms with van der Waals surface area (Å²) in [7, 11) is 0. The van der Waals surface area contributed by atoms with Gasteiger partial charge in [-0.2, -0.15) is 4.89 Å². The van der Waals surface area contributed by atoms with Crippen LogP contribution in [0, 0.1) is 18.3 Å². The van der Waals surface area contributed by atoms with E-state index in [1.807, 2.05) is 0 Å². The summed E-state index contributed by atoms with van der Waals surface area (Å²) in [4.78, 5) is 6.50. The van der Waals surface area contributed by atoms with E-state index < -0.39 is 0 Å². The maximum atomic E-state index is 7.38. The minimum atomic E-state index is -0.0550. The van der Waals surface area contributed by atoms with Gasteiger partial charge in [-0.25, -0.2) is 5.26 Å². The number of nitrogens with zero attached hydrogens (tertiary/aromatic N) is 1. The average molecular weight is 383 g/mol. The lowest BCUT2D eigenvalue weighted by Crippen LogP contribution is -2.35. The fourth-order valence-electron chi connectivity index (χ4n) is 3.74. The van der Waals surface area contributed by atoms with Crippen LogP contribution in [-0.2, 0) is 15.0 Å². The monoisotopic (exact) mass is 383 g/mol. The zero-order valence-electron chi connectivity index (χ0n) is 16.4. The van der Waals surface area contributed by atoms with E-state index in [1.54, 1.807) is 0 Å². The van der Waals surface area contributed by atoms with Crippen molar-refractivity contribution in [3.63, 3.8) is 0 Å². The lowest BCUT2D eigenvalue weighted by Gasteiger charge is -2.36. The molecule has 0 radical (unpaired) electrons. The highest BCUT2D eigenvalue weighted by molar-refractivity contribution is 5.33. The highest BCUT2D eigenvalue weighted by atomic mass is 17.6. The predicted octanol–water partition coefficient (Wildman–Crippen LogP) is 4.52. The highest BCUT2D eigenvalue weighted by Gasteiger charge is 2.28. The van der Waals surface area contributed by atoms with Crippen molar-refractivity contribution in [2.75, 3.05) is 26.2 Å². The smallest absolute Gasteiger partial charge is 0.146 e. The Morgan fingerprint density at radius 2 is 1.57 bits per heavy atom. The Hall–Kier alpha value is -2.20. The van der Waals surface area contributed by atoms with E-state index in [4.69, 9.17) is 5.26 Å². The molecule has 2 aromatic carbocycles. The molecule has 150 valence electrons. The molecule has 0 aliphatic carbocycles. The number of terminal acetylenes is 1. The molecule has 1 aliphatic rings. The molecule has 1 N–H and O–H groups in total. The van der Waals surface area contributed by atoms with Crippen LogP contribution in [0.5, 0.6) is 0 Å². The van der Waals surface area contributed by atoms with E-state index in [2.05, 4.69) is 99.8 Å². The van der Waals surface area contributed by atoms with Crippen LogP contribution >= 0.6 is 0 Å². The molecule has 28 heavy (non-hydrogen) atoms. The molecule has 0 aromatic heterocycles. The zero-order chi connectivity index (χ0) is 20.0. The van der Waals surface area contributed by atoms with Crippen LogP contribution in [0.4, 0.5) is 0 Å². The first-order chi connectivity index (χ1) is 13.8. The molecule has 0 spiro atoms. The van der Waals surface area contributed by atoms with Crippen molar-refractivity contribution in [3.8, 4) is 12.3 Å². The molecule has 1 heterocycles. The molecule has 5 nitrogen and oxygen atoms in total. The predicted molar refractivity (Wildman–Crippen MR) is 109 cm³/mol. The summed E-state index contributed by atoms with van der Waals surface area (Å²) in [6, 6.07) is 22.1. The molecule has 2 aromatic rings. The Morgan fingerprint density at radius 1 is 1.04 bits per heavy atom. The minimum absolute atomic E-state index is 0.0550. The van der Waals surface area contributed by atoms with Gasteiger partial charge in [0.1, 0.15) is 6.61 Å². The second kappa shape index (κ2) is 13.1. The largest absolute Gasteiger partial charge is 0.304 e. The van der Waals surface area contributed by atoms with Crippen LogP contribution in [0.15, 0.2) is 60.7 Å². The van der Waals surface area contributed by atoms with Crippen molar-refractivity contribution in [2.45, 2.75) is 25.7 Å². The van der Waals surface area contributed by atoms with Crippen LogP contribution in [0.3, 0.4) is 0 Å². The maximum Gasteiger partial charge on any atom is 0.146 e. The Labute approximate surface area is 167 Å². The third kappa shape index (κ3) is 7.08. The van der Waals surface area contributed by atoms with Crippen LogP contribution < -0.4 is 0 Å². The van der Waals surface area contributed by atoms with Gasteiger partial charge in [0.15, 0.2) is 0 Å². The van der Waals surface area contributed by atoms with E-state index in [9.17, 15) is 0 Å². The molecule has 0 bridgehead atoms. The molecule has 0 unspecified atom stereocenters. The first-order valence-corrected chi connectivity index (χ1v) is 9.65. The fourth-order valence-corrected chi connectivity index (χ4v) is 3.74. The van der Waals surface area contributed by atoms with Crippen LogP contribution in [-0.4, -0.2) is 36.4 Å². The zero-order valence-corrected chi connectivity index (χ0v) is 16.4. The van der Waals surface area contributed by atoms with Crippen molar-refractivity contribution in [1.29, 1.82) is 0 Å². The fraction of sp³-hybridized carbons (Fsp3) is 0.391. The average Bonchev–Trinajstić information content (AvgIpc) is 2.77. The van der Waals surface area contributed by atoms with Crippen molar-refractivity contribution < 1.29 is 20.2 Å². The van der Waals surface area contributed by atoms with Gasteiger partial charge in [0.25, 0.3) is 0 Å². The molecule has 0 atom stereocenters. The third-order valence-electron chi connectivity index (χ3n) is 5.09. The van der Waals surface area contributed by atoms with Crippen LogP contribution in [0.1, 0.15) is 36.8 Å². The number of rotatable bonds is 7. The summed E-state index contributed by atoms with van der Waals surface area (Å²) < 4.78 is 0. The number of hydrogen-bond donors (Lipinski definition) is 1. The first-order valence-electron chi connectivity index (χ1n) is 9.65. The molecule has 1 fully saturated rings. The molecule has 1 saturated heterocycles. The molecule has 3 rings (SSSR count). The topological polar surface area (TPSA) is 51.2 Å². The molecule has 0 amide bonds. The summed E-state index contributed by atoms with van der Waals surface area (Å²) >= 11 is 0. The second-order valence-corrected chi connectivity index (χ2v) is 6.68. The number of benzene rings is 2. The summed E-state index contributed by atoms with van der Waals surface area (Å²) in [5, 5.41) is 13.9. The quantitative estimate of drug-likeness (QED) is 0.330. The Kier molecular flexibility index (Phi) is 10.3. The lowest BCUT2D eigenvalue weighted by molar-refractivity contribution is -0.620. The summed E-state index contributed by atoms with van der Waals surface area (Å²) in [6.45, 7) is 5.90. The number of piperidine rings is 1. The van der Waals surface area contributed by atoms with Gasteiger partial charge in [0, 0.05) is 5.92 Å². The van der Waals surface area contributed by atoms with Crippen molar-refractivity contribution in [1.82, 2.24) is 4.90 Å². The second-order valence-electron chi connectivity index (χ2n) is 6.68. The van der Waals surface area contributed by atoms with E-state index in [-0.39, 0.29) is 6.61 Å². The molecule has 1 aliphatic heterocycles. The summed E-state index contributed by atoms with van der Waals surface area (Å²) in [6.07, 6.45) is 7.29. The highest BCUT2D eigenvalue weighted by Crippen LogP contribution is 2.37. The van der Waals surface area contributed by atoms with E-state index in [0.29, 0.717) is 5.92 Å². The van der Waals surface area contributed by atoms with E-state index in [1.165, 1.54) is 43.6 Å². The Morgan fingerprint density at radius 3 is 2.00 bits per heavy atom. The molecule has 0 saturated carbocycles.